The normalized spacial score (nSPS) is 15.0. The van der Waals surface area contributed by atoms with Gasteiger partial charge in [0.25, 0.3) is 0 Å². The molecule has 0 aromatic heterocycles. The molecule has 0 heterocycles. The Balaban J connectivity index is 2.02. The van der Waals surface area contributed by atoms with Crippen molar-refractivity contribution in [2.45, 2.75) is 60.0 Å². The Labute approximate surface area is 130 Å². The third-order valence-electron chi connectivity index (χ3n) is 4.23. The molecule has 21 heavy (non-hydrogen) atoms. The molecule has 1 aromatic rings. The van der Waals surface area contributed by atoms with Crippen LogP contribution in [0.3, 0.4) is 0 Å². The molecule has 0 bridgehead atoms. The SMILES string of the molecule is Cc1cc(CNCC(C)C)ccc1N(CC1CC1)C(C)C. The van der Waals surface area contributed by atoms with Gasteiger partial charge in [-0.15, -0.1) is 0 Å². The molecule has 1 aromatic carbocycles. The number of nitrogens with zero attached hydrogens (tertiary/aromatic N) is 1. The van der Waals surface area contributed by atoms with E-state index in [0.717, 1.165) is 19.0 Å². The summed E-state index contributed by atoms with van der Waals surface area (Å²) in [4.78, 5) is 2.58. The molecule has 0 saturated heterocycles. The van der Waals surface area contributed by atoms with Crippen LogP contribution in [-0.4, -0.2) is 19.1 Å². The maximum absolute atomic E-state index is 3.53. The Morgan fingerprint density at radius 3 is 2.43 bits per heavy atom. The van der Waals surface area contributed by atoms with Crippen molar-refractivity contribution in [2.24, 2.45) is 11.8 Å². The van der Waals surface area contributed by atoms with Crippen molar-refractivity contribution in [1.82, 2.24) is 5.32 Å². The lowest BCUT2D eigenvalue weighted by molar-refractivity contribution is 0.552. The Morgan fingerprint density at radius 2 is 1.90 bits per heavy atom. The predicted octanol–water partition coefficient (Wildman–Crippen LogP) is 4.37. The van der Waals surface area contributed by atoms with Crippen molar-refractivity contribution < 1.29 is 0 Å². The second-order valence-electron chi connectivity index (χ2n) is 7.34. The second kappa shape index (κ2) is 7.31. The van der Waals surface area contributed by atoms with Gasteiger partial charge in [-0.3, -0.25) is 0 Å². The Kier molecular flexibility index (Phi) is 5.69. The number of hydrogen-bond acceptors (Lipinski definition) is 2. The molecule has 0 atom stereocenters. The van der Waals surface area contributed by atoms with Gasteiger partial charge < -0.3 is 10.2 Å². The van der Waals surface area contributed by atoms with Gasteiger partial charge in [0.05, 0.1) is 0 Å². The number of hydrogen-bond donors (Lipinski definition) is 1. The molecule has 0 aliphatic heterocycles. The highest BCUT2D eigenvalue weighted by Crippen LogP contribution is 2.33. The van der Waals surface area contributed by atoms with Crippen molar-refractivity contribution >= 4 is 5.69 Å². The van der Waals surface area contributed by atoms with Gasteiger partial charge in [-0.25, -0.2) is 0 Å². The highest BCUT2D eigenvalue weighted by Gasteiger charge is 2.26. The lowest BCUT2D eigenvalue weighted by Crippen LogP contribution is -2.33. The van der Waals surface area contributed by atoms with Gasteiger partial charge in [0.15, 0.2) is 0 Å². The lowest BCUT2D eigenvalue weighted by Gasteiger charge is -2.31. The summed E-state index contributed by atoms with van der Waals surface area (Å²) in [6.45, 7) is 14.6. The third kappa shape index (κ3) is 5.03. The first kappa shape index (κ1) is 16.4. The molecule has 2 heteroatoms. The molecule has 1 aliphatic carbocycles. The molecular formula is C19H32N2. The molecule has 0 unspecified atom stereocenters. The fraction of sp³-hybridized carbons (Fsp3) is 0.684. The molecule has 1 N–H and O–H groups in total. The van der Waals surface area contributed by atoms with Gasteiger partial charge in [-0.1, -0.05) is 26.0 Å². The number of aryl methyl sites for hydroxylation is 1. The minimum absolute atomic E-state index is 0.578. The summed E-state index contributed by atoms with van der Waals surface area (Å²) in [7, 11) is 0. The first-order valence-electron chi connectivity index (χ1n) is 8.54. The summed E-state index contributed by atoms with van der Waals surface area (Å²) >= 11 is 0. The van der Waals surface area contributed by atoms with Gasteiger partial charge in [0.2, 0.25) is 0 Å². The number of rotatable bonds is 8. The largest absolute Gasteiger partial charge is 0.369 e. The van der Waals surface area contributed by atoms with Gasteiger partial charge in [-0.2, -0.15) is 0 Å². The molecule has 0 radical (unpaired) electrons. The molecule has 0 spiro atoms. The minimum Gasteiger partial charge on any atom is -0.369 e. The summed E-state index contributed by atoms with van der Waals surface area (Å²) in [6.07, 6.45) is 2.83. The van der Waals surface area contributed by atoms with Crippen molar-refractivity contribution in [2.75, 3.05) is 18.0 Å². The van der Waals surface area contributed by atoms with Gasteiger partial charge in [0, 0.05) is 24.8 Å². The maximum atomic E-state index is 3.53. The van der Waals surface area contributed by atoms with E-state index in [-0.39, 0.29) is 0 Å². The standard InChI is InChI=1S/C19H32N2/c1-14(2)11-20-12-18-8-9-19(16(5)10-18)21(15(3)4)13-17-6-7-17/h8-10,14-15,17,20H,6-7,11-13H2,1-5H3. The first-order valence-corrected chi connectivity index (χ1v) is 8.54. The van der Waals surface area contributed by atoms with E-state index in [0.29, 0.717) is 12.0 Å². The number of nitrogens with one attached hydrogen (secondary N) is 1. The van der Waals surface area contributed by atoms with Crippen molar-refractivity contribution in [3.63, 3.8) is 0 Å². The van der Waals surface area contributed by atoms with Crippen LogP contribution >= 0.6 is 0 Å². The number of benzene rings is 1. The molecule has 1 fully saturated rings. The van der Waals surface area contributed by atoms with Crippen LogP contribution in [-0.2, 0) is 6.54 Å². The van der Waals surface area contributed by atoms with Crippen molar-refractivity contribution in [3.8, 4) is 0 Å². The van der Waals surface area contributed by atoms with Gasteiger partial charge in [-0.05, 0) is 69.2 Å². The van der Waals surface area contributed by atoms with Crippen LogP contribution in [0.2, 0.25) is 0 Å². The van der Waals surface area contributed by atoms with Crippen LogP contribution in [0.5, 0.6) is 0 Å². The maximum Gasteiger partial charge on any atom is 0.0398 e. The van der Waals surface area contributed by atoms with E-state index in [1.807, 2.05) is 0 Å². The second-order valence-corrected chi connectivity index (χ2v) is 7.34. The molecular weight excluding hydrogens is 256 g/mol. The Hall–Kier alpha value is -1.02. The molecule has 2 nitrogen and oxygen atoms in total. The monoisotopic (exact) mass is 288 g/mol. The zero-order valence-electron chi connectivity index (χ0n) is 14.4. The number of anilines is 1. The molecule has 1 saturated carbocycles. The fourth-order valence-electron chi connectivity index (χ4n) is 2.82. The smallest absolute Gasteiger partial charge is 0.0398 e. The highest BCUT2D eigenvalue weighted by molar-refractivity contribution is 5.55. The van der Waals surface area contributed by atoms with Crippen LogP contribution in [0.15, 0.2) is 18.2 Å². The molecule has 2 rings (SSSR count). The van der Waals surface area contributed by atoms with Crippen LogP contribution < -0.4 is 10.2 Å². The van der Waals surface area contributed by atoms with Crippen molar-refractivity contribution in [3.05, 3.63) is 29.3 Å². The topological polar surface area (TPSA) is 15.3 Å². The van der Waals surface area contributed by atoms with E-state index in [2.05, 4.69) is 63.0 Å². The van der Waals surface area contributed by atoms with E-state index >= 15 is 0 Å². The third-order valence-corrected chi connectivity index (χ3v) is 4.23. The summed E-state index contributed by atoms with van der Waals surface area (Å²) in [5, 5.41) is 3.53. The summed E-state index contributed by atoms with van der Waals surface area (Å²) in [5.41, 5.74) is 4.23. The first-order chi connectivity index (χ1) is 9.97. The van der Waals surface area contributed by atoms with Gasteiger partial charge >= 0.3 is 0 Å². The van der Waals surface area contributed by atoms with Crippen LogP contribution in [0.4, 0.5) is 5.69 Å². The summed E-state index contributed by atoms with van der Waals surface area (Å²) in [5.74, 6) is 1.64. The summed E-state index contributed by atoms with van der Waals surface area (Å²) < 4.78 is 0. The molecule has 1 aliphatic rings. The van der Waals surface area contributed by atoms with E-state index < -0.39 is 0 Å². The average Bonchev–Trinajstić information content (AvgIpc) is 3.20. The van der Waals surface area contributed by atoms with Crippen molar-refractivity contribution in [1.29, 1.82) is 0 Å². The summed E-state index contributed by atoms with van der Waals surface area (Å²) in [6, 6.07) is 7.54. The van der Waals surface area contributed by atoms with Gasteiger partial charge in [0.1, 0.15) is 0 Å². The lowest BCUT2D eigenvalue weighted by atomic mass is 10.1. The molecule has 118 valence electrons. The van der Waals surface area contributed by atoms with Crippen LogP contribution in [0, 0.1) is 18.8 Å². The highest BCUT2D eigenvalue weighted by atomic mass is 15.2. The van der Waals surface area contributed by atoms with E-state index in [4.69, 9.17) is 0 Å². The van der Waals surface area contributed by atoms with E-state index in [9.17, 15) is 0 Å². The zero-order chi connectivity index (χ0) is 15.4. The predicted molar refractivity (Wildman–Crippen MR) is 92.9 cm³/mol. The minimum atomic E-state index is 0.578. The van der Waals surface area contributed by atoms with E-state index in [1.54, 1.807) is 0 Å². The van der Waals surface area contributed by atoms with Crippen LogP contribution in [0.1, 0.15) is 51.7 Å². The van der Waals surface area contributed by atoms with Crippen LogP contribution in [0.25, 0.3) is 0 Å². The quantitative estimate of drug-likeness (QED) is 0.764. The van der Waals surface area contributed by atoms with E-state index in [1.165, 1.54) is 36.2 Å². The Morgan fingerprint density at radius 1 is 1.19 bits per heavy atom. The average molecular weight is 288 g/mol. The fourth-order valence-corrected chi connectivity index (χ4v) is 2.82. The zero-order valence-corrected chi connectivity index (χ0v) is 14.4. The Bertz CT molecular complexity index is 447. The molecule has 0 amide bonds.